The molecule has 0 bridgehead atoms. The number of carboxylic acid groups (broad SMARTS) is 1. The van der Waals surface area contributed by atoms with Gasteiger partial charge in [-0.2, -0.15) is 22.0 Å². The summed E-state index contributed by atoms with van der Waals surface area (Å²) >= 11 is 1.72. The first kappa shape index (κ1) is 38.0. The molecule has 0 saturated heterocycles. The summed E-state index contributed by atoms with van der Waals surface area (Å²) in [5.74, 6) is 2.49. The average molecular weight is 713 g/mol. The molecule has 260 valence electrons. The maximum atomic E-state index is 12.3. The van der Waals surface area contributed by atoms with Crippen LogP contribution >= 0.6 is 11.8 Å². The summed E-state index contributed by atoms with van der Waals surface area (Å²) in [6, 6.07) is 18.3. The van der Waals surface area contributed by atoms with Crippen molar-refractivity contribution >= 4 is 44.9 Å². The van der Waals surface area contributed by atoms with E-state index in [1.54, 1.807) is 30.9 Å². The number of phenols is 1. The number of sulfonamides is 1. The smallest absolute Gasteiger partial charge is 0.339 e. The molecule has 5 N–H and O–H groups in total. The lowest BCUT2D eigenvalue weighted by Crippen LogP contribution is -2.26. The van der Waals surface area contributed by atoms with E-state index in [4.69, 9.17) is 9.52 Å². The Labute approximate surface area is 287 Å². The third-order valence-corrected chi connectivity index (χ3v) is 8.39. The number of thioether (sulfide) groups is 1. The molecule has 0 unspecified atom stereocenters. The number of hydrogen-bond acceptors (Lipinski definition) is 14. The summed E-state index contributed by atoms with van der Waals surface area (Å²) in [4.78, 5) is 26.9. The lowest BCUT2D eigenvalue weighted by atomic mass is 10.2. The van der Waals surface area contributed by atoms with Gasteiger partial charge in [0.05, 0.1) is 33.5 Å². The highest BCUT2D eigenvalue weighted by Crippen LogP contribution is 2.26. The molecule has 0 atom stereocenters. The summed E-state index contributed by atoms with van der Waals surface area (Å²) in [6.07, 6.45) is 2.39. The number of azo groups is 1. The first-order valence-corrected chi connectivity index (χ1v) is 17.1. The van der Waals surface area contributed by atoms with E-state index in [2.05, 4.69) is 35.5 Å². The van der Waals surface area contributed by atoms with Gasteiger partial charge in [-0.15, -0.1) is 0 Å². The number of furan rings is 1. The normalized spacial score (nSPS) is 11.6. The second-order valence-electron chi connectivity index (χ2n) is 10.2. The van der Waals surface area contributed by atoms with Gasteiger partial charge < -0.3 is 30.2 Å². The van der Waals surface area contributed by atoms with E-state index >= 15 is 0 Å². The number of carbonyl (C=O) groups is 1. The number of hydrogen-bond donors (Lipinski definition) is 5. The quantitative estimate of drug-likeness (QED) is 0.0439. The van der Waals surface area contributed by atoms with E-state index < -0.39 is 20.9 Å². The highest BCUT2D eigenvalue weighted by atomic mass is 32.2. The van der Waals surface area contributed by atoms with Gasteiger partial charge in [0.1, 0.15) is 28.7 Å². The molecule has 2 aromatic carbocycles. The first-order chi connectivity index (χ1) is 23.4. The number of nitrogens with one attached hydrogen (secondary N) is 3. The minimum Gasteiger partial charge on any atom is -0.507 e. The third-order valence-electron chi connectivity index (χ3n) is 6.04. The van der Waals surface area contributed by atoms with Gasteiger partial charge in [0.2, 0.25) is 0 Å². The van der Waals surface area contributed by atoms with Crippen LogP contribution in [0.25, 0.3) is 0 Å². The number of pyridine rings is 1. The molecule has 2 heterocycles. The number of anilines is 1. The minimum absolute atomic E-state index is 0.0231. The predicted octanol–water partition coefficient (Wildman–Crippen LogP) is 5.16. The van der Waals surface area contributed by atoms with Gasteiger partial charge in [-0.1, -0.05) is 6.07 Å². The van der Waals surface area contributed by atoms with Gasteiger partial charge in [-0.05, 0) is 80.8 Å². The van der Waals surface area contributed by atoms with Gasteiger partial charge in [-0.25, -0.2) is 18.2 Å². The minimum atomic E-state index is -3.79. The van der Waals surface area contributed by atoms with Crippen molar-refractivity contribution in [1.29, 1.82) is 0 Å². The van der Waals surface area contributed by atoms with Crippen LogP contribution < -0.4 is 15.4 Å². The van der Waals surface area contributed by atoms with Crippen molar-refractivity contribution in [3.05, 3.63) is 118 Å². The Morgan fingerprint density at radius 3 is 2.39 bits per heavy atom. The molecule has 4 aromatic rings. The number of rotatable bonds is 16. The predicted molar refractivity (Wildman–Crippen MR) is 185 cm³/mol. The van der Waals surface area contributed by atoms with Crippen LogP contribution in [0.15, 0.2) is 111 Å². The second-order valence-corrected chi connectivity index (χ2v) is 13.0. The lowest BCUT2D eigenvalue weighted by Gasteiger charge is -2.07. The van der Waals surface area contributed by atoms with Crippen molar-refractivity contribution < 1.29 is 32.8 Å². The lowest BCUT2D eigenvalue weighted by molar-refractivity contribution is -0.404. The van der Waals surface area contributed by atoms with Crippen LogP contribution in [0.3, 0.4) is 0 Å². The van der Waals surface area contributed by atoms with E-state index in [-0.39, 0.29) is 27.7 Å². The molecule has 0 amide bonds. The molecule has 0 aliphatic carbocycles. The zero-order valence-electron chi connectivity index (χ0n) is 26.8. The standard InChI is InChI=1S/C18H14N4O5S.C13H22N4O3S/c23-16-9-6-13(11-15(16)18(24)25)21-20-12-4-7-14(8-5-12)28(26,27)22-17-3-1-2-10-19-17;1-14-13(9-17(18)19)15-6-7-21-10-12-5-4-11(20-12)8-16(2)3/h1-11,23H,(H,19,22)(H,24,25);4-5,9,14-15H,6-8,10H2,1-3H3/b;13-9-. The molecule has 0 radical (unpaired) electrons. The molecule has 0 aliphatic rings. The largest absolute Gasteiger partial charge is 0.507 e. The third kappa shape index (κ3) is 13.3. The summed E-state index contributed by atoms with van der Waals surface area (Å²) in [5.41, 5.74) is 0.295. The number of carboxylic acids is 1. The number of nitro groups is 1. The second kappa shape index (κ2) is 18.8. The van der Waals surface area contributed by atoms with Crippen LogP contribution in [0.2, 0.25) is 0 Å². The van der Waals surface area contributed by atoms with E-state index in [1.165, 1.54) is 54.7 Å². The fourth-order valence-corrected chi connectivity index (χ4v) is 5.57. The Morgan fingerprint density at radius 2 is 1.76 bits per heavy atom. The van der Waals surface area contributed by atoms with Crippen LogP contribution in [-0.2, 0) is 22.3 Å². The number of benzene rings is 2. The maximum Gasteiger partial charge on any atom is 0.339 e. The summed E-state index contributed by atoms with van der Waals surface area (Å²) in [7, 11) is 1.85. The SMILES string of the molecule is CN/C(=C/[N+](=O)[O-])NCCSCc1ccc(CN(C)C)o1.O=C(O)c1cc(N=Nc2ccc(S(=O)(=O)Nc3ccccn3)cc2)ccc1O. The number of aromatic nitrogens is 1. The molecule has 0 spiro atoms. The van der Waals surface area contributed by atoms with Crippen molar-refractivity contribution in [3.63, 3.8) is 0 Å². The van der Waals surface area contributed by atoms with Crippen molar-refractivity contribution in [1.82, 2.24) is 20.5 Å². The molecule has 2 aromatic heterocycles. The Kier molecular flexibility index (Phi) is 14.6. The molecule has 4 rings (SSSR count). The Balaban J connectivity index is 0.000000278. The molecule has 49 heavy (non-hydrogen) atoms. The fraction of sp³-hybridized carbons (Fsp3) is 0.226. The number of nitrogens with zero attached hydrogens (tertiary/aromatic N) is 5. The highest BCUT2D eigenvalue weighted by Gasteiger charge is 2.15. The van der Waals surface area contributed by atoms with Gasteiger partial charge in [0.15, 0.2) is 5.82 Å². The van der Waals surface area contributed by atoms with Gasteiger partial charge in [0, 0.05) is 25.5 Å². The molecule has 0 saturated carbocycles. The van der Waals surface area contributed by atoms with Crippen LogP contribution in [0, 0.1) is 10.1 Å². The summed E-state index contributed by atoms with van der Waals surface area (Å²) < 4.78 is 32.7. The average Bonchev–Trinajstić information content (AvgIpc) is 3.50. The Hall–Kier alpha value is -5.46. The molecule has 16 nitrogen and oxygen atoms in total. The van der Waals surface area contributed by atoms with E-state index in [1.807, 2.05) is 26.2 Å². The maximum absolute atomic E-state index is 12.3. The topological polar surface area (TPSA) is 225 Å². The Bertz CT molecular complexity index is 1850. The highest BCUT2D eigenvalue weighted by molar-refractivity contribution is 7.98. The van der Waals surface area contributed by atoms with Crippen molar-refractivity contribution in [3.8, 4) is 5.75 Å². The molecule has 18 heteroatoms. The number of aromatic carboxylic acids is 1. The van der Waals surface area contributed by atoms with Crippen LogP contribution in [0.1, 0.15) is 21.9 Å². The van der Waals surface area contributed by atoms with E-state index in [0.717, 1.165) is 35.8 Å². The van der Waals surface area contributed by atoms with Gasteiger partial charge >= 0.3 is 5.97 Å². The van der Waals surface area contributed by atoms with Gasteiger partial charge in [-0.3, -0.25) is 14.8 Å². The molecule has 0 fully saturated rings. The van der Waals surface area contributed by atoms with E-state index in [9.17, 15) is 28.4 Å². The Morgan fingerprint density at radius 1 is 1.06 bits per heavy atom. The van der Waals surface area contributed by atoms with Crippen LogP contribution in [-0.4, -0.2) is 72.8 Å². The fourth-order valence-electron chi connectivity index (χ4n) is 3.82. The van der Waals surface area contributed by atoms with Crippen molar-refractivity contribution in [2.75, 3.05) is 38.2 Å². The van der Waals surface area contributed by atoms with Crippen molar-refractivity contribution in [2.45, 2.75) is 17.2 Å². The first-order valence-electron chi connectivity index (χ1n) is 14.4. The number of aromatic hydroxyl groups is 1. The van der Waals surface area contributed by atoms with Gasteiger partial charge in [0.25, 0.3) is 16.2 Å². The molecular weight excluding hydrogens is 677 g/mol. The van der Waals surface area contributed by atoms with Crippen LogP contribution in [0.5, 0.6) is 5.75 Å². The summed E-state index contributed by atoms with van der Waals surface area (Å²) in [6.45, 7) is 1.44. The molecular formula is C31H36N8O8S2. The monoisotopic (exact) mass is 712 g/mol. The van der Waals surface area contributed by atoms with Crippen LogP contribution in [0.4, 0.5) is 17.2 Å². The van der Waals surface area contributed by atoms with Crippen molar-refractivity contribution in [2.24, 2.45) is 10.2 Å². The summed E-state index contributed by atoms with van der Waals surface area (Å²) in [5, 5.41) is 42.4. The van der Waals surface area contributed by atoms with E-state index in [0.29, 0.717) is 18.1 Å². The zero-order chi connectivity index (χ0) is 35.8. The zero-order valence-corrected chi connectivity index (χ0v) is 28.4. The molecule has 0 aliphatic heterocycles.